The number of benzene rings is 1. The van der Waals surface area contributed by atoms with Crippen LogP contribution in [0, 0.1) is 0 Å². The van der Waals surface area contributed by atoms with Crippen molar-refractivity contribution < 1.29 is 9.59 Å². The summed E-state index contributed by atoms with van der Waals surface area (Å²) >= 11 is 0. The van der Waals surface area contributed by atoms with Crippen LogP contribution in [0.5, 0.6) is 0 Å². The highest BCUT2D eigenvalue weighted by Crippen LogP contribution is 2.29. The number of carbonyl (C=O) groups excluding carboxylic acids is 2. The van der Waals surface area contributed by atoms with Crippen molar-refractivity contribution in [1.29, 1.82) is 0 Å². The Bertz CT molecular complexity index is 509. The van der Waals surface area contributed by atoms with E-state index in [0.717, 1.165) is 16.9 Å². The van der Waals surface area contributed by atoms with Gasteiger partial charge in [-0.05, 0) is 30.2 Å². The molecule has 18 heavy (non-hydrogen) atoms. The smallest absolute Gasteiger partial charge is 0.231 e. The van der Waals surface area contributed by atoms with Gasteiger partial charge in [0.15, 0.2) is 0 Å². The van der Waals surface area contributed by atoms with Crippen molar-refractivity contribution in [3.05, 3.63) is 36.4 Å². The molecule has 0 aliphatic carbocycles. The number of amides is 2. The summed E-state index contributed by atoms with van der Waals surface area (Å²) in [4.78, 5) is 24.7. The first kappa shape index (κ1) is 12.4. The van der Waals surface area contributed by atoms with Gasteiger partial charge in [-0.2, -0.15) is 0 Å². The Morgan fingerprint density at radius 2 is 2.33 bits per heavy atom. The molecule has 0 saturated heterocycles. The van der Waals surface area contributed by atoms with Gasteiger partial charge in [0.25, 0.3) is 0 Å². The van der Waals surface area contributed by atoms with Crippen LogP contribution in [0.25, 0.3) is 0 Å². The van der Waals surface area contributed by atoms with E-state index < -0.39 is 0 Å². The molecule has 0 fully saturated rings. The lowest BCUT2D eigenvalue weighted by molar-refractivity contribution is -0.117. The molecular formula is C14H16N2O2. The largest absolute Gasteiger partial charge is 0.326 e. The van der Waals surface area contributed by atoms with Crippen molar-refractivity contribution >= 4 is 23.2 Å². The molecule has 0 aromatic heterocycles. The van der Waals surface area contributed by atoms with Crippen LogP contribution < -0.4 is 10.2 Å². The third-order valence-corrected chi connectivity index (χ3v) is 3.02. The fourth-order valence-corrected chi connectivity index (χ4v) is 2.00. The average molecular weight is 244 g/mol. The van der Waals surface area contributed by atoms with Crippen molar-refractivity contribution in [3.63, 3.8) is 0 Å². The van der Waals surface area contributed by atoms with Gasteiger partial charge in [0, 0.05) is 24.8 Å². The van der Waals surface area contributed by atoms with Gasteiger partial charge in [-0.25, -0.2) is 0 Å². The maximum atomic E-state index is 11.6. The maximum absolute atomic E-state index is 11.6. The lowest BCUT2D eigenvalue weighted by atomic mass is 10.1. The molecule has 0 unspecified atom stereocenters. The summed E-state index contributed by atoms with van der Waals surface area (Å²) in [6.07, 6.45) is 3.22. The zero-order valence-electron chi connectivity index (χ0n) is 10.4. The monoisotopic (exact) mass is 244 g/mol. The fourth-order valence-electron chi connectivity index (χ4n) is 2.00. The summed E-state index contributed by atoms with van der Waals surface area (Å²) in [7, 11) is 1.76. The normalized spacial score (nSPS) is 13.4. The first-order chi connectivity index (χ1) is 8.61. The summed E-state index contributed by atoms with van der Waals surface area (Å²) in [5.74, 6) is 0.0488. The van der Waals surface area contributed by atoms with Crippen LogP contribution in [-0.2, 0) is 16.0 Å². The van der Waals surface area contributed by atoms with E-state index in [0.29, 0.717) is 19.3 Å². The Morgan fingerprint density at radius 1 is 1.56 bits per heavy atom. The average Bonchev–Trinajstić information content (AvgIpc) is 2.62. The molecule has 4 nitrogen and oxygen atoms in total. The number of hydrogen-bond donors (Lipinski definition) is 1. The van der Waals surface area contributed by atoms with Crippen LogP contribution in [0.2, 0.25) is 0 Å². The van der Waals surface area contributed by atoms with Crippen LogP contribution in [-0.4, -0.2) is 18.9 Å². The molecule has 1 aromatic carbocycles. The fraction of sp³-hybridized carbons (Fsp3) is 0.286. The number of rotatable bonds is 4. The molecule has 94 valence electrons. The molecule has 1 aliphatic rings. The number of allylic oxidation sites excluding steroid dienone is 1. The third-order valence-electron chi connectivity index (χ3n) is 3.02. The topological polar surface area (TPSA) is 49.4 Å². The first-order valence-corrected chi connectivity index (χ1v) is 5.92. The van der Waals surface area contributed by atoms with Crippen LogP contribution in [0.15, 0.2) is 30.9 Å². The summed E-state index contributed by atoms with van der Waals surface area (Å²) in [6.45, 7) is 3.58. The van der Waals surface area contributed by atoms with Gasteiger partial charge in [0.05, 0.1) is 6.42 Å². The van der Waals surface area contributed by atoms with Crippen LogP contribution in [0.1, 0.15) is 18.4 Å². The van der Waals surface area contributed by atoms with Gasteiger partial charge in [-0.3, -0.25) is 9.59 Å². The highest BCUT2D eigenvalue weighted by molar-refractivity contribution is 6.02. The second kappa shape index (κ2) is 5.04. The lowest BCUT2D eigenvalue weighted by Gasteiger charge is -2.11. The van der Waals surface area contributed by atoms with Gasteiger partial charge in [-0.15, -0.1) is 6.58 Å². The first-order valence-electron chi connectivity index (χ1n) is 5.92. The van der Waals surface area contributed by atoms with Crippen LogP contribution in [0.4, 0.5) is 11.4 Å². The zero-order chi connectivity index (χ0) is 13.1. The van der Waals surface area contributed by atoms with Crippen molar-refractivity contribution in [2.45, 2.75) is 19.3 Å². The molecule has 1 heterocycles. The van der Waals surface area contributed by atoms with Crippen molar-refractivity contribution in [1.82, 2.24) is 0 Å². The summed E-state index contributed by atoms with van der Waals surface area (Å²) < 4.78 is 0. The van der Waals surface area contributed by atoms with E-state index in [4.69, 9.17) is 0 Å². The number of nitrogens with zero attached hydrogens (tertiary/aromatic N) is 1. The van der Waals surface area contributed by atoms with Crippen LogP contribution >= 0.6 is 0 Å². The third kappa shape index (κ3) is 2.42. The molecule has 1 aromatic rings. The van der Waals surface area contributed by atoms with Gasteiger partial charge < -0.3 is 10.2 Å². The standard InChI is InChI=1S/C14H16N2O2/c1-3-4-5-13(17)15-11-6-7-12-10(8-11)9-14(18)16(12)2/h3,6-8H,1,4-5,9H2,2H3,(H,15,17). The molecule has 0 saturated carbocycles. The van der Waals surface area contributed by atoms with E-state index in [1.165, 1.54) is 0 Å². The van der Waals surface area contributed by atoms with Crippen molar-refractivity contribution in [3.8, 4) is 0 Å². The van der Waals surface area contributed by atoms with Gasteiger partial charge >= 0.3 is 0 Å². The van der Waals surface area contributed by atoms with Gasteiger partial charge in [-0.1, -0.05) is 6.08 Å². The number of likely N-dealkylation sites (N-methyl/N-ethyl adjacent to an activating group) is 1. The van der Waals surface area contributed by atoms with E-state index in [9.17, 15) is 9.59 Å². The molecule has 0 spiro atoms. The van der Waals surface area contributed by atoms with Crippen LogP contribution in [0.3, 0.4) is 0 Å². The summed E-state index contributed by atoms with van der Waals surface area (Å²) in [6, 6.07) is 5.55. The van der Waals surface area contributed by atoms with E-state index >= 15 is 0 Å². The number of nitrogens with one attached hydrogen (secondary N) is 1. The Morgan fingerprint density at radius 3 is 3.06 bits per heavy atom. The minimum absolute atomic E-state index is 0.0347. The van der Waals surface area contributed by atoms with Gasteiger partial charge in [0.1, 0.15) is 0 Å². The van der Waals surface area contributed by atoms with E-state index in [-0.39, 0.29) is 11.8 Å². The Kier molecular flexibility index (Phi) is 3.46. The zero-order valence-corrected chi connectivity index (χ0v) is 10.4. The molecule has 0 atom stereocenters. The number of carbonyl (C=O) groups is 2. The highest BCUT2D eigenvalue weighted by atomic mass is 16.2. The highest BCUT2D eigenvalue weighted by Gasteiger charge is 2.23. The number of anilines is 2. The number of fused-ring (bicyclic) bond motifs is 1. The Hall–Kier alpha value is -2.10. The van der Waals surface area contributed by atoms with Gasteiger partial charge in [0.2, 0.25) is 11.8 Å². The molecule has 2 rings (SSSR count). The molecular weight excluding hydrogens is 228 g/mol. The van der Waals surface area contributed by atoms with Crippen molar-refractivity contribution in [2.24, 2.45) is 0 Å². The predicted octanol–water partition coefficient (Wildman–Crippen LogP) is 2.11. The minimum atomic E-state index is -0.0347. The Balaban J connectivity index is 2.09. The summed E-state index contributed by atoms with van der Waals surface area (Å²) in [5, 5.41) is 2.82. The quantitative estimate of drug-likeness (QED) is 0.825. The lowest BCUT2D eigenvalue weighted by Crippen LogP contribution is -2.20. The predicted molar refractivity (Wildman–Crippen MR) is 71.6 cm³/mol. The Labute approximate surface area is 106 Å². The molecule has 1 aliphatic heterocycles. The molecule has 4 heteroatoms. The summed E-state index contributed by atoms with van der Waals surface area (Å²) in [5.41, 5.74) is 2.62. The maximum Gasteiger partial charge on any atom is 0.231 e. The molecule has 0 radical (unpaired) electrons. The van der Waals surface area contributed by atoms with E-state index in [1.807, 2.05) is 18.2 Å². The molecule has 0 bridgehead atoms. The minimum Gasteiger partial charge on any atom is -0.326 e. The second-order valence-corrected chi connectivity index (χ2v) is 4.35. The van der Waals surface area contributed by atoms with Crippen molar-refractivity contribution in [2.75, 3.05) is 17.3 Å². The molecule has 2 amide bonds. The molecule has 1 N–H and O–H groups in total. The SMILES string of the molecule is C=CCCC(=O)Nc1ccc2c(c1)CC(=O)N2C. The second-order valence-electron chi connectivity index (χ2n) is 4.35. The number of hydrogen-bond acceptors (Lipinski definition) is 2. The van der Waals surface area contributed by atoms with E-state index in [2.05, 4.69) is 11.9 Å². The van der Waals surface area contributed by atoms with E-state index in [1.54, 1.807) is 18.0 Å².